The Balaban J connectivity index is 1.64. The Bertz CT molecular complexity index is 342. The van der Waals surface area contributed by atoms with E-state index in [4.69, 9.17) is 5.73 Å². The number of nitrogens with two attached hydrogens (primary N) is 1. The number of hydrogen-bond donors (Lipinski definition) is 1. The van der Waals surface area contributed by atoms with Crippen LogP contribution in [0.25, 0.3) is 0 Å². The van der Waals surface area contributed by atoms with Gasteiger partial charge in [0.15, 0.2) is 0 Å². The number of fused-ring (bicyclic) bond motifs is 1. The first-order valence-electron chi connectivity index (χ1n) is 10.9. The molecule has 1 nitrogen and oxygen atoms in total. The Kier molecular flexibility index (Phi) is 6.46. The van der Waals surface area contributed by atoms with Crippen molar-refractivity contribution in [1.82, 2.24) is 0 Å². The summed E-state index contributed by atoms with van der Waals surface area (Å²) in [5.74, 6) is 6.79. The SMILES string of the molecule is CC1CCCC(C2CC(CN)C3CC[C@@H](C)CCC3C2)CCC1. The van der Waals surface area contributed by atoms with E-state index in [2.05, 4.69) is 13.8 Å². The first-order valence-corrected chi connectivity index (χ1v) is 10.9. The maximum absolute atomic E-state index is 6.26. The van der Waals surface area contributed by atoms with Crippen LogP contribution >= 0.6 is 0 Å². The highest BCUT2D eigenvalue weighted by Crippen LogP contribution is 2.49. The molecule has 0 saturated heterocycles. The van der Waals surface area contributed by atoms with Crippen LogP contribution in [-0.4, -0.2) is 6.54 Å². The van der Waals surface area contributed by atoms with E-state index in [1.807, 2.05) is 0 Å². The topological polar surface area (TPSA) is 26.0 Å². The molecule has 3 aliphatic carbocycles. The van der Waals surface area contributed by atoms with Gasteiger partial charge in [-0.15, -0.1) is 0 Å². The van der Waals surface area contributed by atoms with Gasteiger partial charge < -0.3 is 5.73 Å². The minimum atomic E-state index is 0.841. The molecule has 3 aliphatic rings. The van der Waals surface area contributed by atoms with Gasteiger partial charge in [-0.2, -0.15) is 0 Å². The van der Waals surface area contributed by atoms with Gasteiger partial charge in [-0.05, 0) is 73.7 Å². The van der Waals surface area contributed by atoms with Crippen molar-refractivity contribution in [2.24, 2.45) is 47.2 Å². The zero-order valence-corrected chi connectivity index (χ0v) is 15.8. The molecule has 3 rings (SSSR count). The molecule has 0 heterocycles. The molecule has 0 aliphatic heterocycles. The molecule has 0 aromatic heterocycles. The summed E-state index contributed by atoms with van der Waals surface area (Å²) < 4.78 is 0. The van der Waals surface area contributed by atoms with Crippen LogP contribution in [0.2, 0.25) is 0 Å². The van der Waals surface area contributed by atoms with Crippen molar-refractivity contribution in [3.8, 4) is 0 Å². The Morgan fingerprint density at radius 2 is 1.30 bits per heavy atom. The molecule has 134 valence electrons. The lowest BCUT2D eigenvalue weighted by Crippen LogP contribution is -2.38. The molecule has 0 aromatic carbocycles. The fourth-order valence-corrected chi connectivity index (χ4v) is 6.40. The third kappa shape index (κ3) is 4.53. The van der Waals surface area contributed by atoms with Gasteiger partial charge >= 0.3 is 0 Å². The summed E-state index contributed by atoms with van der Waals surface area (Å²) in [6.07, 6.45) is 17.9. The van der Waals surface area contributed by atoms with Gasteiger partial charge in [-0.1, -0.05) is 65.2 Å². The minimum absolute atomic E-state index is 0.841. The molecular weight excluding hydrogens is 278 g/mol. The van der Waals surface area contributed by atoms with E-state index in [1.54, 1.807) is 6.42 Å². The van der Waals surface area contributed by atoms with E-state index in [-0.39, 0.29) is 0 Å². The Hall–Kier alpha value is -0.0400. The molecule has 0 aromatic rings. The van der Waals surface area contributed by atoms with Crippen LogP contribution in [0.3, 0.4) is 0 Å². The van der Waals surface area contributed by atoms with Gasteiger partial charge in [0.25, 0.3) is 0 Å². The van der Waals surface area contributed by atoms with E-state index in [0.29, 0.717) is 0 Å². The summed E-state index contributed by atoms with van der Waals surface area (Å²) in [7, 11) is 0. The average molecular weight is 320 g/mol. The molecule has 0 spiro atoms. The van der Waals surface area contributed by atoms with Crippen LogP contribution in [0, 0.1) is 41.4 Å². The number of hydrogen-bond acceptors (Lipinski definition) is 1. The zero-order chi connectivity index (χ0) is 16.2. The molecule has 0 bridgehead atoms. The third-order valence-corrected chi connectivity index (χ3v) is 7.96. The highest BCUT2D eigenvalue weighted by Gasteiger charge is 2.40. The second-order valence-corrected chi connectivity index (χ2v) is 9.64. The molecule has 1 heteroatoms. The van der Waals surface area contributed by atoms with Crippen LogP contribution in [0.15, 0.2) is 0 Å². The predicted molar refractivity (Wildman–Crippen MR) is 100 cm³/mol. The van der Waals surface area contributed by atoms with Crippen molar-refractivity contribution in [2.75, 3.05) is 6.54 Å². The molecular formula is C22H41N. The summed E-state index contributed by atoms with van der Waals surface area (Å²) in [4.78, 5) is 0. The lowest BCUT2D eigenvalue weighted by molar-refractivity contribution is 0.0627. The molecule has 0 radical (unpaired) electrons. The Morgan fingerprint density at radius 3 is 2.00 bits per heavy atom. The molecule has 3 saturated carbocycles. The van der Waals surface area contributed by atoms with E-state index >= 15 is 0 Å². The van der Waals surface area contributed by atoms with Crippen LogP contribution < -0.4 is 5.73 Å². The van der Waals surface area contributed by atoms with Gasteiger partial charge in [0.05, 0.1) is 0 Å². The van der Waals surface area contributed by atoms with Gasteiger partial charge in [-0.25, -0.2) is 0 Å². The second-order valence-electron chi connectivity index (χ2n) is 9.64. The summed E-state index contributed by atoms with van der Waals surface area (Å²) in [6, 6.07) is 0. The van der Waals surface area contributed by atoms with Crippen LogP contribution in [0.5, 0.6) is 0 Å². The van der Waals surface area contributed by atoms with Crippen LogP contribution in [-0.2, 0) is 0 Å². The average Bonchev–Trinajstić information content (AvgIpc) is 2.72. The first-order chi connectivity index (χ1) is 11.2. The quantitative estimate of drug-likeness (QED) is 0.661. The van der Waals surface area contributed by atoms with Gasteiger partial charge in [0, 0.05) is 0 Å². The third-order valence-electron chi connectivity index (χ3n) is 7.96. The molecule has 23 heavy (non-hydrogen) atoms. The largest absolute Gasteiger partial charge is 0.330 e. The monoisotopic (exact) mass is 319 g/mol. The lowest BCUT2D eigenvalue weighted by atomic mass is 9.61. The summed E-state index contributed by atoms with van der Waals surface area (Å²) in [5, 5.41) is 0. The molecule has 5 atom stereocenters. The van der Waals surface area contributed by atoms with E-state index in [1.165, 1.54) is 70.6 Å². The maximum Gasteiger partial charge on any atom is -0.00460 e. The van der Waals surface area contributed by atoms with Gasteiger partial charge in [-0.3, -0.25) is 0 Å². The van der Waals surface area contributed by atoms with Crippen LogP contribution in [0.1, 0.15) is 90.9 Å². The summed E-state index contributed by atoms with van der Waals surface area (Å²) in [6.45, 7) is 5.89. The van der Waals surface area contributed by atoms with E-state index < -0.39 is 0 Å². The van der Waals surface area contributed by atoms with Crippen molar-refractivity contribution in [2.45, 2.75) is 90.9 Å². The Morgan fingerprint density at radius 1 is 0.652 bits per heavy atom. The van der Waals surface area contributed by atoms with Gasteiger partial charge in [0.2, 0.25) is 0 Å². The fourth-order valence-electron chi connectivity index (χ4n) is 6.40. The normalized spacial score (nSPS) is 46.3. The van der Waals surface area contributed by atoms with Crippen molar-refractivity contribution >= 4 is 0 Å². The molecule has 3 fully saturated rings. The summed E-state index contributed by atoms with van der Waals surface area (Å²) in [5.41, 5.74) is 6.26. The van der Waals surface area contributed by atoms with Crippen molar-refractivity contribution in [3.63, 3.8) is 0 Å². The Labute approximate surface area is 145 Å². The number of rotatable bonds is 2. The molecule has 2 N–H and O–H groups in total. The summed E-state index contributed by atoms with van der Waals surface area (Å²) >= 11 is 0. The van der Waals surface area contributed by atoms with Gasteiger partial charge in [0.1, 0.15) is 0 Å². The van der Waals surface area contributed by atoms with E-state index in [9.17, 15) is 0 Å². The zero-order valence-electron chi connectivity index (χ0n) is 15.8. The van der Waals surface area contributed by atoms with Crippen molar-refractivity contribution in [1.29, 1.82) is 0 Å². The first kappa shape index (κ1) is 17.8. The fraction of sp³-hybridized carbons (Fsp3) is 1.00. The highest BCUT2D eigenvalue weighted by molar-refractivity contribution is 4.91. The second kappa shape index (κ2) is 8.37. The minimum Gasteiger partial charge on any atom is -0.330 e. The maximum atomic E-state index is 6.26. The highest BCUT2D eigenvalue weighted by atomic mass is 14.6. The lowest BCUT2D eigenvalue weighted by Gasteiger charge is -2.44. The molecule has 4 unspecified atom stereocenters. The standard InChI is InChI=1S/C22H41N/c1-16-5-3-7-18(8-4-6-16)20-13-19-11-9-17(2)10-12-22(19)21(14-20)15-23/h16-22H,3-15,23H2,1-2H3/t16?,17-,18?,19?,20?,21?,22?/m0/s1. The van der Waals surface area contributed by atoms with Crippen molar-refractivity contribution < 1.29 is 0 Å². The smallest absolute Gasteiger partial charge is 0.00460 e. The predicted octanol–water partition coefficient (Wildman–Crippen LogP) is 6.02. The molecule has 0 amide bonds. The van der Waals surface area contributed by atoms with Crippen molar-refractivity contribution in [3.05, 3.63) is 0 Å². The van der Waals surface area contributed by atoms with Crippen LogP contribution in [0.4, 0.5) is 0 Å². The van der Waals surface area contributed by atoms with E-state index in [0.717, 1.165) is 48.0 Å².